The van der Waals surface area contributed by atoms with E-state index in [2.05, 4.69) is 30.2 Å². The van der Waals surface area contributed by atoms with E-state index in [-0.39, 0.29) is 5.92 Å². The fourth-order valence-electron chi connectivity index (χ4n) is 2.36. The Labute approximate surface area is 145 Å². The van der Waals surface area contributed by atoms with Crippen LogP contribution in [0.25, 0.3) is 5.69 Å². The minimum absolute atomic E-state index is 0.0121. The lowest BCUT2D eigenvalue weighted by molar-refractivity contribution is -0.120. The van der Waals surface area contributed by atoms with Crippen molar-refractivity contribution < 1.29 is 9.59 Å². The first kappa shape index (κ1) is 18.1. The number of benzene rings is 1. The molecule has 128 valence electrons. The minimum Gasteiger partial charge on any atom is -0.351 e. The molecule has 1 aromatic heterocycles. The molecule has 0 bridgehead atoms. The predicted octanol–water partition coefficient (Wildman–Crippen LogP) is 2.80. The summed E-state index contributed by atoms with van der Waals surface area (Å²) >= 11 is 1.32. The lowest BCUT2D eigenvalue weighted by Crippen LogP contribution is -2.42. The second-order valence-electron chi connectivity index (χ2n) is 5.93. The molecule has 24 heavy (non-hydrogen) atoms. The number of hydrogen-bond acceptors (Lipinski definition) is 4. The Hall–Kier alpha value is -2.28. The molecular weight excluding hydrogens is 324 g/mol. The van der Waals surface area contributed by atoms with Crippen molar-refractivity contribution in [2.45, 2.75) is 38.1 Å². The molecule has 6 nitrogen and oxygen atoms in total. The normalized spacial score (nSPS) is 12.2. The maximum atomic E-state index is 12.2. The molecule has 1 atom stereocenters. The SMILES string of the molecule is Cc1cccc(-n2ccnc2S[C@@H](C(=O)NC(N)=O)C(C)C)c1C. The molecule has 0 unspecified atom stereocenters. The summed E-state index contributed by atoms with van der Waals surface area (Å²) in [4.78, 5) is 27.6. The summed E-state index contributed by atoms with van der Waals surface area (Å²) < 4.78 is 1.96. The number of aryl methyl sites for hydroxylation is 1. The first-order valence-corrected chi connectivity index (χ1v) is 8.56. The monoisotopic (exact) mass is 346 g/mol. The number of carbonyl (C=O) groups excluding carboxylic acids is 2. The number of rotatable bonds is 5. The van der Waals surface area contributed by atoms with Crippen molar-refractivity contribution in [3.63, 3.8) is 0 Å². The van der Waals surface area contributed by atoms with Crippen molar-refractivity contribution in [2.24, 2.45) is 11.7 Å². The van der Waals surface area contributed by atoms with Gasteiger partial charge in [0.15, 0.2) is 5.16 Å². The summed E-state index contributed by atoms with van der Waals surface area (Å²) in [6.07, 6.45) is 3.57. The van der Waals surface area contributed by atoms with Crippen LogP contribution in [0.5, 0.6) is 0 Å². The molecule has 0 aliphatic carbocycles. The van der Waals surface area contributed by atoms with Gasteiger partial charge in [0.1, 0.15) is 0 Å². The zero-order valence-electron chi connectivity index (χ0n) is 14.2. The van der Waals surface area contributed by atoms with E-state index in [0.29, 0.717) is 5.16 Å². The minimum atomic E-state index is -0.843. The Morgan fingerprint density at radius 1 is 1.29 bits per heavy atom. The maximum Gasteiger partial charge on any atom is 0.318 e. The molecule has 0 fully saturated rings. The molecule has 0 spiro atoms. The third-order valence-electron chi connectivity index (χ3n) is 3.79. The van der Waals surface area contributed by atoms with Crippen LogP contribution in [0.3, 0.4) is 0 Å². The van der Waals surface area contributed by atoms with E-state index >= 15 is 0 Å². The number of nitrogens with zero attached hydrogens (tertiary/aromatic N) is 2. The van der Waals surface area contributed by atoms with Crippen LogP contribution in [0, 0.1) is 19.8 Å². The van der Waals surface area contributed by atoms with Gasteiger partial charge in [-0.2, -0.15) is 0 Å². The number of nitrogens with two attached hydrogens (primary N) is 1. The van der Waals surface area contributed by atoms with Gasteiger partial charge in [-0.1, -0.05) is 37.7 Å². The molecular formula is C17H22N4O2S. The van der Waals surface area contributed by atoms with Crippen molar-refractivity contribution >= 4 is 23.7 Å². The molecule has 2 aromatic rings. The van der Waals surface area contributed by atoms with Crippen LogP contribution in [-0.2, 0) is 4.79 Å². The first-order chi connectivity index (χ1) is 11.3. The summed E-state index contributed by atoms with van der Waals surface area (Å²) in [6.45, 7) is 7.95. The van der Waals surface area contributed by atoms with E-state index < -0.39 is 17.2 Å². The Bertz CT molecular complexity index is 755. The van der Waals surface area contributed by atoms with Crippen molar-refractivity contribution in [3.05, 3.63) is 41.7 Å². The Kier molecular flexibility index (Phi) is 5.66. The van der Waals surface area contributed by atoms with Crippen LogP contribution in [0.1, 0.15) is 25.0 Å². The number of urea groups is 1. The van der Waals surface area contributed by atoms with Crippen LogP contribution in [0.4, 0.5) is 4.79 Å². The number of carbonyl (C=O) groups is 2. The highest BCUT2D eigenvalue weighted by Crippen LogP contribution is 2.30. The molecule has 0 radical (unpaired) electrons. The van der Waals surface area contributed by atoms with Crippen LogP contribution >= 0.6 is 11.8 Å². The van der Waals surface area contributed by atoms with Gasteiger partial charge in [-0.25, -0.2) is 9.78 Å². The van der Waals surface area contributed by atoms with Gasteiger partial charge in [0.25, 0.3) is 0 Å². The van der Waals surface area contributed by atoms with Gasteiger partial charge in [0.05, 0.1) is 10.9 Å². The molecule has 3 amide bonds. The summed E-state index contributed by atoms with van der Waals surface area (Å²) in [6, 6.07) is 5.22. The Morgan fingerprint density at radius 3 is 2.62 bits per heavy atom. The number of thioether (sulfide) groups is 1. The summed E-state index contributed by atoms with van der Waals surface area (Å²) in [7, 11) is 0. The second-order valence-corrected chi connectivity index (χ2v) is 7.04. The van der Waals surface area contributed by atoms with E-state index in [4.69, 9.17) is 5.73 Å². The largest absolute Gasteiger partial charge is 0.351 e. The number of nitrogens with one attached hydrogen (secondary N) is 1. The molecule has 2 rings (SSSR count). The van der Waals surface area contributed by atoms with Crippen LogP contribution in [0.2, 0.25) is 0 Å². The highest BCUT2D eigenvalue weighted by Gasteiger charge is 2.26. The predicted molar refractivity (Wildman–Crippen MR) is 95.2 cm³/mol. The smallest absolute Gasteiger partial charge is 0.318 e. The number of imide groups is 1. The first-order valence-electron chi connectivity index (χ1n) is 7.68. The molecule has 0 saturated heterocycles. The van der Waals surface area contributed by atoms with Crippen molar-refractivity contribution in [2.75, 3.05) is 0 Å². The maximum absolute atomic E-state index is 12.2. The van der Waals surface area contributed by atoms with Gasteiger partial charge in [0.2, 0.25) is 5.91 Å². The highest BCUT2D eigenvalue weighted by molar-refractivity contribution is 8.00. The number of aromatic nitrogens is 2. The van der Waals surface area contributed by atoms with Crippen LogP contribution in [0.15, 0.2) is 35.7 Å². The molecule has 1 aromatic carbocycles. The van der Waals surface area contributed by atoms with E-state index in [0.717, 1.165) is 11.3 Å². The summed E-state index contributed by atoms with van der Waals surface area (Å²) in [5.41, 5.74) is 8.42. The van der Waals surface area contributed by atoms with Gasteiger partial charge < -0.3 is 5.73 Å². The third kappa shape index (κ3) is 3.97. The van der Waals surface area contributed by atoms with Gasteiger partial charge in [-0.05, 0) is 37.0 Å². The molecule has 0 saturated carbocycles. The van der Waals surface area contributed by atoms with Crippen molar-refractivity contribution in [3.8, 4) is 5.69 Å². The molecule has 0 aliphatic rings. The van der Waals surface area contributed by atoms with E-state index in [9.17, 15) is 9.59 Å². The van der Waals surface area contributed by atoms with Crippen LogP contribution in [-0.4, -0.2) is 26.7 Å². The fourth-order valence-corrected chi connectivity index (χ4v) is 3.42. The zero-order chi connectivity index (χ0) is 17.9. The summed E-state index contributed by atoms with van der Waals surface area (Å²) in [5.74, 6) is -0.392. The van der Waals surface area contributed by atoms with E-state index in [1.54, 1.807) is 6.20 Å². The quantitative estimate of drug-likeness (QED) is 0.815. The van der Waals surface area contributed by atoms with Crippen LogP contribution < -0.4 is 11.1 Å². The standard InChI is InChI=1S/C17H22N4O2S/c1-10(2)14(15(22)20-16(18)23)24-17-19-8-9-21(17)13-7-5-6-11(3)12(13)4/h5-10,14H,1-4H3,(H3,18,20,22,23)/t14-/m1/s1. The lowest BCUT2D eigenvalue weighted by atomic mass is 10.1. The fraction of sp³-hybridized carbons (Fsp3) is 0.353. The molecule has 0 aliphatic heterocycles. The van der Waals surface area contributed by atoms with E-state index in [1.165, 1.54) is 17.3 Å². The highest BCUT2D eigenvalue weighted by atomic mass is 32.2. The summed E-state index contributed by atoms with van der Waals surface area (Å²) in [5, 5.41) is 2.39. The number of imidazole rings is 1. The third-order valence-corrected chi connectivity index (χ3v) is 5.31. The zero-order valence-corrected chi connectivity index (χ0v) is 15.1. The van der Waals surface area contributed by atoms with E-state index in [1.807, 2.05) is 36.7 Å². The van der Waals surface area contributed by atoms with Gasteiger partial charge >= 0.3 is 6.03 Å². The van der Waals surface area contributed by atoms with Crippen molar-refractivity contribution in [1.82, 2.24) is 14.9 Å². The van der Waals surface area contributed by atoms with Gasteiger partial charge in [-0.15, -0.1) is 0 Å². The number of primary amides is 1. The van der Waals surface area contributed by atoms with Gasteiger partial charge in [-0.3, -0.25) is 14.7 Å². The molecule has 3 N–H and O–H groups in total. The lowest BCUT2D eigenvalue weighted by Gasteiger charge is -2.19. The number of amides is 3. The Balaban J connectivity index is 2.33. The molecule has 7 heteroatoms. The average molecular weight is 346 g/mol. The Morgan fingerprint density at radius 2 is 2.00 bits per heavy atom. The second kappa shape index (κ2) is 7.53. The molecule has 1 heterocycles. The number of hydrogen-bond donors (Lipinski definition) is 2. The van der Waals surface area contributed by atoms with Gasteiger partial charge in [0, 0.05) is 12.4 Å². The van der Waals surface area contributed by atoms with Crippen molar-refractivity contribution in [1.29, 1.82) is 0 Å². The topological polar surface area (TPSA) is 90.0 Å². The average Bonchev–Trinajstić information content (AvgIpc) is 2.94.